The molecular weight excluding hydrogens is 228 g/mol. The predicted molar refractivity (Wildman–Crippen MR) is 74.2 cm³/mol. The van der Waals surface area contributed by atoms with Crippen molar-refractivity contribution in [1.82, 2.24) is 4.98 Å². The minimum absolute atomic E-state index is 0.786. The van der Waals surface area contributed by atoms with Gasteiger partial charge in [0.2, 0.25) is 0 Å². The summed E-state index contributed by atoms with van der Waals surface area (Å²) in [6.07, 6.45) is 0. The Balaban J connectivity index is 2.36. The number of rotatable bonds is 1. The third-order valence-corrected chi connectivity index (χ3v) is 3.68. The van der Waals surface area contributed by atoms with E-state index < -0.39 is 0 Å². The van der Waals surface area contributed by atoms with E-state index in [0.29, 0.717) is 0 Å². The van der Waals surface area contributed by atoms with Crippen molar-refractivity contribution < 1.29 is 0 Å². The van der Waals surface area contributed by atoms with Gasteiger partial charge < -0.3 is 5.73 Å². The van der Waals surface area contributed by atoms with Crippen LogP contribution in [0.4, 0.5) is 5.69 Å². The van der Waals surface area contributed by atoms with E-state index >= 15 is 0 Å². The molecule has 0 saturated carbocycles. The summed E-state index contributed by atoms with van der Waals surface area (Å²) >= 11 is 1.67. The van der Waals surface area contributed by atoms with Crippen LogP contribution in [0.3, 0.4) is 0 Å². The molecule has 3 heteroatoms. The molecule has 2 N–H and O–H groups in total. The number of anilines is 1. The number of thiazole rings is 1. The molecule has 1 heterocycles. The summed E-state index contributed by atoms with van der Waals surface area (Å²) in [6.45, 7) is 2.11. The Morgan fingerprint density at radius 1 is 1.18 bits per heavy atom. The molecule has 0 aliphatic rings. The highest BCUT2D eigenvalue weighted by Crippen LogP contribution is 2.33. The summed E-state index contributed by atoms with van der Waals surface area (Å²) in [7, 11) is 0. The number of benzene rings is 2. The maximum Gasteiger partial charge on any atom is 0.0892 e. The number of aromatic nitrogens is 1. The molecule has 84 valence electrons. The van der Waals surface area contributed by atoms with Gasteiger partial charge in [0.15, 0.2) is 0 Å². The average Bonchev–Trinajstić information content (AvgIpc) is 2.76. The number of nitrogens with zero attached hydrogens (tertiary/aromatic N) is 1. The molecule has 0 amide bonds. The maximum atomic E-state index is 5.85. The van der Waals surface area contributed by atoms with E-state index in [1.807, 2.05) is 23.7 Å². The fourth-order valence-electron chi connectivity index (χ4n) is 2.09. The Hall–Kier alpha value is -1.87. The fourth-order valence-corrected chi connectivity index (χ4v) is 2.78. The third kappa shape index (κ3) is 1.68. The number of hydrogen-bond acceptors (Lipinski definition) is 3. The van der Waals surface area contributed by atoms with Gasteiger partial charge in [-0.3, -0.25) is 0 Å². The minimum atomic E-state index is 0.786. The van der Waals surface area contributed by atoms with Crippen molar-refractivity contribution >= 4 is 27.2 Å². The van der Waals surface area contributed by atoms with E-state index in [0.717, 1.165) is 16.8 Å². The van der Waals surface area contributed by atoms with E-state index in [1.165, 1.54) is 15.8 Å². The normalized spacial score (nSPS) is 10.9. The first-order chi connectivity index (χ1) is 8.25. The lowest BCUT2D eigenvalue weighted by atomic mass is 9.99. The van der Waals surface area contributed by atoms with E-state index in [4.69, 9.17) is 5.73 Å². The van der Waals surface area contributed by atoms with E-state index in [9.17, 15) is 0 Å². The van der Waals surface area contributed by atoms with Gasteiger partial charge in [0.25, 0.3) is 0 Å². The quantitative estimate of drug-likeness (QED) is 0.656. The Kier molecular flexibility index (Phi) is 2.34. The van der Waals surface area contributed by atoms with Crippen LogP contribution in [0, 0.1) is 6.92 Å². The molecule has 0 saturated heterocycles. The number of nitrogens with two attached hydrogens (primary N) is 1. The van der Waals surface area contributed by atoms with Crippen LogP contribution in [0.15, 0.2) is 41.9 Å². The molecule has 3 rings (SSSR count). The Labute approximate surface area is 104 Å². The van der Waals surface area contributed by atoms with E-state index in [-0.39, 0.29) is 0 Å². The van der Waals surface area contributed by atoms with Crippen LogP contribution < -0.4 is 5.73 Å². The van der Waals surface area contributed by atoms with Crippen molar-refractivity contribution in [1.29, 1.82) is 0 Å². The highest BCUT2D eigenvalue weighted by molar-refractivity contribution is 7.16. The largest absolute Gasteiger partial charge is 0.399 e. The van der Waals surface area contributed by atoms with Gasteiger partial charge in [-0.15, -0.1) is 11.3 Å². The Morgan fingerprint density at radius 2 is 2.06 bits per heavy atom. The van der Waals surface area contributed by atoms with Crippen molar-refractivity contribution in [3.05, 3.63) is 47.5 Å². The first-order valence-corrected chi connectivity index (χ1v) is 6.32. The number of hydrogen-bond donors (Lipinski definition) is 1. The molecule has 0 bridgehead atoms. The van der Waals surface area contributed by atoms with Gasteiger partial charge in [-0.1, -0.05) is 18.2 Å². The van der Waals surface area contributed by atoms with Crippen molar-refractivity contribution in [2.24, 2.45) is 0 Å². The smallest absolute Gasteiger partial charge is 0.0892 e. The van der Waals surface area contributed by atoms with E-state index in [2.05, 4.69) is 30.1 Å². The molecule has 0 spiro atoms. The van der Waals surface area contributed by atoms with Crippen LogP contribution in [0.2, 0.25) is 0 Å². The SMILES string of the molecule is Cc1ccc2scnc2c1-c1cccc(N)c1. The van der Waals surface area contributed by atoms with Gasteiger partial charge in [0, 0.05) is 11.3 Å². The van der Waals surface area contributed by atoms with Crippen molar-refractivity contribution in [2.75, 3.05) is 5.73 Å². The predicted octanol–water partition coefficient (Wildman–Crippen LogP) is 3.85. The molecule has 0 radical (unpaired) electrons. The van der Waals surface area contributed by atoms with Crippen molar-refractivity contribution in [2.45, 2.75) is 6.92 Å². The topological polar surface area (TPSA) is 38.9 Å². The molecule has 17 heavy (non-hydrogen) atoms. The Bertz CT molecular complexity index is 686. The molecule has 0 aliphatic carbocycles. The molecule has 2 nitrogen and oxygen atoms in total. The molecule has 0 fully saturated rings. The standard InChI is InChI=1S/C14H12N2S/c1-9-5-6-12-14(16-8-17-12)13(9)10-3-2-4-11(15)7-10/h2-8H,15H2,1H3. The summed E-state index contributed by atoms with van der Waals surface area (Å²) in [4.78, 5) is 4.46. The first-order valence-electron chi connectivity index (χ1n) is 5.44. The monoisotopic (exact) mass is 240 g/mol. The summed E-state index contributed by atoms with van der Waals surface area (Å²) in [5.41, 5.74) is 13.2. The lowest BCUT2D eigenvalue weighted by molar-refractivity contribution is 1.44. The van der Waals surface area contributed by atoms with Crippen LogP contribution in [0.5, 0.6) is 0 Å². The Morgan fingerprint density at radius 3 is 2.88 bits per heavy atom. The lowest BCUT2D eigenvalue weighted by Gasteiger charge is -2.07. The minimum Gasteiger partial charge on any atom is -0.399 e. The third-order valence-electron chi connectivity index (χ3n) is 2.89. The van der Waals surface area contributed by atoms with Crippen LogP contribution in [-0.2, 0) is 0 Å². The molecule has 2 aromatic carbocycles. The second-order valence-corrected chi connectivity index (χ2v) is 4.97. The number of fused-ring (bicyclic) bond motifs is 1. The average molecular weight is 240 g/mol. The molecule has 0 atom stereocenters. The highest BCUT2D eigenvalue weighted by Gasteiger charge is 2.09. The number of nitrogen functional groups attached to an aromatic ring is 1. The van der Waals surface area contributed by atoms with Gasteiger partial charge in [0.1, 0.15) is 0 Å². The molecule has 3 aromatic rings. The fraction of sp³-hybridized carbons (Fsp3) is 0.0714. The summed E-state index contributed by atoms with van der Waals surface area (Å²) in [5, 5.41) is 0. The van der Waals surface area contributed by atoms with Crippen molar-refractivity contribution in [3.8, 4) is 11.1 Å². The van der Waals surface area contributed by atoms with Crippen LogP contribution >= 0.6 is 11.3 Å². The van der Waals surface area contributed by atoms with E-state index in [1.54, 1.807) is 11.3 Å². The zero-order valence-electron chi connectivity index (χ0n) is 9.47. The summed E-state index contributed by atoms with van der Waals surface area (Å²) in [5.74, 6) is 0. The van der Waals surface area contributed by atoms with Crippen LogP contribution in [0.25, 0.3) is 21.3 Å². The molecule has 0 unspecified atom stereocenters. The zero-order chi connectivity index (χ0) is 11.8. The second-order valence-electron chi connectivity index (χ2n) is 4.08. The molecule has 0 aliphatic heterocycles. The summed E-state index contributed by atoms with van der Waals surface area (Å²) in [6, 6.07) is 12.2. The van der Waals surface area contributed by atoms with Gasteiger partial charge in [0.05, 0.1) is 15.7 Å². The van der Waals surface area contributed by atoms with Gasteiger partial charge >= 0.3 is 0 Å². The molecule has 1 aromatic heterocycles. The van der Waals surface area contributed by atoms with Gasteiger partial charge in [-0.25, -0.2) is 4.98 Å². The van der Waals surface area contributed by atoms with Crippen LogP contribution in [-0.4, -0.2) is 4.98 Å². The van der Waals surface area contributed by atoms with Crippen molar-refractivity contribution in [3.63, 3.8) is 0 Å². The number of aryl methyl sites for hydroxylation is 1. The lowest BCUT2D eigenvalue weighted by Crippen LogP contribution is -1.88. The highest BCUT2D eigenvalue weighted by atomic mass is 32.1. The molecular formula is C14H12N2S. The zero-order valence-corrected chi connectivity index (χ0v) is 10.3. The van der Waals surface area contributed by atoms with Crippen LogP contribution in [0.1, 0.15) is 5.56 Å². The van der Waals surface area contributed by atoms with Gasteiger partial charge in [-0.2, -0.15) is 0 Å². The summed E-state index contributed by atoms with van der Waals surface area (Å²) < 4.78 is 1.22. The van der Waals surface area contributed by atoms with Gasteiger partial charge in [-0.05, 0) is 36.2 Å². The first kappa shape index (κ1) is 10.3. The second kappa shape index (κ2) is 3.86. The maximum absolute atomic E-state index is 5.85.